The van der Waals surface area contributed by atoms with E-state index in [0.717, 1.165) is 10.8 Å². The second kappa shape index (κ2) is 5.71. The van der Waals surface area contributed by atoms with Gasteiger partial charge in [0, 0.05) is 17.3 Å². The van der Waals surface area contributed by atoms with E-state index in [2.05, 4.69) is 30.6 Å². The number of thiazole rings is 1. The van der Waals surface area contributed by atoms with Gasteiger partial charge in [0.05, 0.1) is 0 Å². The Hall–Kier alpha value is -2.74. The van der Waals surface area contributed by atoms with Crippen molar-refractivity contribution in [3.63, 3.8) is 0 Å². The Morgan fingerprint density at radius 2 is 1.90 bits per heavy atom. The van der Waals surface area contributed by atoms with Crippen LogP contribution in [0.3, 0.4) is 0 Å². The second-order valence-electron chi connectivity index (χ2n) is 4.24. The maximum Gasteiger partial charge on any atom is 0.188 e. The van der Waals surface area contributed by atoms with E-state index in [4.69, 9.17) is 5.73 Å². The molecule has 4 N–H and O–H groups in total. The molecule has 106 valence electrons. The van der Waals surface area contributed by atoms with Crippen molar-refractivity contribution in [3.05, 3.63) is 41.8 Å². The first kappa shape index (κ1) is 13.3. The van der Waals surface area contributed by atoms with Crippen molar-refractivity contribution in [2.24, 2.45) is 0 Å². The summed E-state index contributed by atoms with van der Waals surface area (Å²) >= 11 is 1.47. The largest absolute Gasteiger partial charge is 0.393 e. The zero-order valence-electron chi connectivity index (χ0n) is 11.2. The Morgan fingerprint density at radius 3 is 2.62 bits per heavy atom. The third kappa shape index (κ3) is 3.06. The van der Waals surface area contributed by atoms with Crippen LogP contribution in [0.2, 0.25) is 0 Å². The molecule has 8 heteroatoms. The number of nitrogen functional groups attached to an aromatic ring is 1. The first-order chi connectivity index (χ1) is 10.2. The Kier molecular flexibility index (Phi) is 3.61. The molecule has 0 fully saturated rings. The van der Waals surface area contributed by atoms with E-state index >= 15 is 0 Å². The summed E-state index contributed by atoms with van der Waals surface area (Å²) in [4.78, 5) is 16.8. The summed E-state index contributed by atoms with van der Waals surface area (Å²) in [6.07, 6.45) is 3.14. The van der Waals surface area contributed by atoms with Crippen molar-refractivity contribution in [3.8, 4) is 0 Å². The van der Waals surface area contributed by atoms with Gasteiger partial charge in [0.15, 0.2) is 16.8 Å². The summed E-state index contributed by atoms with van der Waals surface area (Å²) in [7, 11) is 0. The van der Waals surface area contributed by atoms with E-state index in [-0.39, 0.29) is 0 Å². The minimum Gasteiger partial charge on any atom is -0.393 e. The maximum absolute atomic E-state index is 6.08. The van der Waals surface area contributed by atoms with E-state index in [9.17, 15) is 0 Å². The highest BCUT2D eigenvalue weighted by molar-refractivity contribution is 7.13. The standard InChI is InChI=1S/C13H13N7S/c1-8-3-2-4-9(18-8)19-11-10(14)12(17-7-16-11)20-13-15-5-6-21-13/h2-7H,14H2,1H3,(H2,15,16,17,18,19,20). The molecule has 0 bridgehead atoms. The van der Waals surface area contributed by atoms with Crippen LogP contribution < -0.4 is 16.4 Å². The van der Waals surface area contributed by atoms with Gasteiger partial charge in [-0.15, -0.1) is 11.3 Å². The summed E-state index contributed by atoms with van der Waals surface area (Å²) in [6.45, 7) is 1.92. The number of aryl methyl sites for hydroxylation is 1. The van der Waals surface area contributed by atoms with Crippen LogP contribution in [0.25, 0.3) is 0 Å². The number of rotatable bonds is 4. The average molecular weight is 299 g/mol. The Labute approximate surface area is 125 Å². The van der Waals surface area contributed by atoms with Crippen molar-refractivity contribution in [2.75, 3.05) is 16.4 Å². The molecule has 0 radical (unpaired) electrons. The van der Waals surface area contributed by atoms with Gasteiger partial charge in [-0.05, 0) is 19.1 Å². The van der Waals surface area contributed by atoms with Gasteiger partial charge in [-0.25, -0.2) is 19.9 Å². The van der Waals surface area contributed by atoms with Gasteiger partial charge in [-0.1, -0.05) is 6.07 Å². The minimum absolute atomic E-state index is 0.413. The molecule has 0 saturated heterocycles. The molecule has 3 heterocycles. The highest BCUT2D eigenvalue weighted by Gasteiger charge is 2.10. The molecular formula is C13H13N7S. The number of hydrogen-bond acceptors (Lipinski definition) is 8. The zero-order chi connectivity index (χ0) is 14.7. The average Bonchev–Trinajstić information content (AvgIpc) is 2.96. The normalized spacial score (nSPS) is 10.3. The summed E-state index contributed by atoms with van der Waals surface area (Å²) in [6, 6.07) is 5.68. The number of nitrogens with zero attached hydrogens (tertiary/aromatic N) is 4. The molecule has 0 saturated carbocycles. The van der Waals surface area contributed by atoms with Crippen LogP contribution in [0.15, 0.2) is 36.1 Å². The first-order valence-electron chi connectivity index (χ1n) is 6.20. The SMILES string of the molecule is Cc1cccc(Nc2ncnc(Nc3nccs3)c2N)n1. The predicted molar refractivity (Wildman–Crippen MR) is 84.1 cm³/mol. The highest BCUT2D eigenvalue weighted by atomic mass is 32.1. The lowest BCUT2D eigenvalue weighted by Gasteiger charge is -2.11. The lowest BCUT2D eigenvalue weighted by atomic mass is 10.3. The van der Waals surface area contributed by atoms with Gasteiger partial charge in [0.25, 0.3) is 0 Å². The van der Waals surface area contributed by atoms with Gasteiger partial charge in [0.1, 0.15) is 17.8 Å². The van der Waals surface area contributed by atoms with Crippen LogP contribution in [0.1, 0.15) is 5.69 Å². The molecule has 3 aromatic rings. The lowest BCUT2D eigenvalue weighted by Crippen LogP contribution is -2.05. The Bertz CT molecular complexity index is 742. The van der Waals surface area contributed by atoms with Crippen LogP contribution in [-0.4, -0.2) is 19.9 Å². The fourth-order valence-electron chi connectivity index (χ4n) is 1.72. The van der Waals surface area contributed by atoms with Crippen LogP contribution >= 0.6 is 11.3 Å². The van der Waals surface area contributed by atoms with E-state index in [0.29, 0.717) is 23.1 Å². The molecule has 0 aliphatic rings. The second-order valence-corrected chi connectivity index (χ2v) is 5.13. The van der Waals surface area contributed by atoms with Crippen molar-refractivity contribution >= 4 is 39.6 Å². The smallest absolute Gasteiger partial charge is 0.188 e. The molecule has 0 aromatic carbocycles. The van der Waals surface area contributed by atoms with E-state index in [1.165, 1.54) is 17.7 Å². The first-order valence-corrected chi connectivity index (χ1v) is 7.08. The van der Waals surface area contributed by atoms with Crippen molar-refractivity contribution < 1.29 is 0 Å². The molecule has 0 aliphatic heterocycles. The number of nitrogens with one attached hydrogen (secondary N) is 2. The van der Waals surface area contributed by atoms with Gasteiger partial charge >= 0.3 is 0 Å². The molecule has 0 atom stereocenters. The fourth-order valence-corrected chi connectivity index (χ4v) is 2.24. The van der Waals surface area contributed by atoms with Crippen molar-refractivity contribution in [1.82, 2.24) is 19.9 Å². The number of nitrogens with two attached hydrogens (primary N) is 1. The van der Waals surface area contributed by atoms with Gasteiger partial charge in [-0.2, -0.15) is 0 Å². The van der Waals surface area contributed by atoms with Gasteiger partial charge < -0.3 is 16.4 Å². The summed E-state index contributed by atoms with van der Waals surface area (Å²) in [5, 5.41) is 8.74. The summed E-state index contributed by atoms with van der Waals surface area (Å²) in [5.74, 6) is 1.69. The Balaban J connectivity index is 1.86. The van der Waals surface area contributed by atoms with Crippen LogP contribution in [0.5, 0.6) is 0 Å². The molecule has 0 spiro atoms. The maximum atomic E-state index is 6.08. The van der Waals surface area contributed by atoms with Crippen molar-refractivity contribution in [1.29, 1.82) is 0 Å². The fraction of sp³-hybridized carbons (Fsp3) is 0.0769. The molecule has 0 amide bonds. The number of pyridine rings is 1. The molecule has 21 heavy (non-hydrogen) atoms. The monoisotopic (exact) mass is 299 g/mol. The number of hydrogen-bond donors (Lipinski definition) is 3. The number of aromatic nitrogens is 4. The molecule has 3 rings (SSSR count). The van der Waals surface area contributed by atoms with Crippen LogP contribution in [-0.2, 0) is 0 Å². The summed E-state index contributed by atoms with van der Waals surface area (Å²) in [5.41, 5.74) is 7.41. The van der Waals surface area contributed by atoms with Crippen LogP contribution in [0.4, 0.5) is 28.3 Å². The van der Waals surface area contributed by atoms with E-state index in [1.807, 2.05) is 30.5 Å². The summed E-state index contributed by atoms with van der Waals surface area (Å²) < 4.78 is 0. The third-order valence-corrected chi connectivity index (χ3v) is 3.36. The molecule has 7 nitrogen and oxygen atoms in total. The molecule has 3 aromatic heterocycles. The quantitative estimate of drug-likeness (QED) is 0.680. The van der Waals surface area contributed by atoms with Gasteiger partial charge in [0.2, 0.25) is 0 Å². The minimum atomic E-state index is 0.413. The third-order valence-electron chi connectivity index (χ3n) is 2.68. The molecular weight excluding hydrogens is 286 g/mol. The topological polar surface area (TPSA) is 102 Å². The van der Waals surface area contributed by atoms with Crippen molar-refractivity contribution in [2.45, 2.75) is 6.92 Å². The highest BCUT2D eigenvalue weighted by Crippen LogP contribution is 2.28. The van der Waals surface area contributed by atoms with Gasteiger partial charge in [-0.3, -0.25) is 0 Å². The molecule has 0 aliphatic carbocycles. The molecule has 0 unspecified atom stereocenters. The Morgan fingerprint density at radius 1 is 1.10 bits per heavy atom. The zero-order valence-corrected chi connectivity index (χ0v) is 12.1. The van der Waals surface area contributed by atoms with E-state index < -0.39 is 0 Å². The number of anilines is 5. The van der Waals surface area contributed by atoms with E-state index in [1.54, 1.807) is 6.20 Å². The lowest BCUT2D eigenvalue weighted by molar-refractivity contribution is 1.14. The predicted octanol–water partition coefficient (Wildman–Crippen LogP) is 2.71. The van der Waals surface area contributed by atoms with Crippen LogP contribution in [0, 0.1) is 6.92 Å².